The number of carbonyl (C=O) groups is 4. The van der Waals surface area contributed by atoms with Gasteiger partial charge >= 0.3 is 19.9 Å². The van der Waals surface area contributed by atoms with E-state index in [1.54, 1.807) is 6.08 Å². The summed E-state index contributed by atoms with van der Waals surface area (Å²) in [4.78, 5) is 58.6. The molecule has 314 valence electrons. The van der Waals surface area contributed by atoms with Crippen LogP contribution >= 0.6 is 7.82 Å². The summed E-state index contributed by atoms with van der Waals surface area (Å²) >= 11 is 0. The summed E-state index contributed by atoms with van der Waals surface area (Å²) in [7, 11) is -5.44. The number of primary amides is 2. The van der Waals surface area contributed by atoms with Crippen LogP contribution in [0.1, 0.15) is 60.3 Å². The molecule has 0 aromatic rings. The number of hydrogen-bond acceptors (Lipinski definition) is 16. The number of allylic oxidation sites excluding steroid dienone is 5. The standard InChI is InChI=1S/C33H55N4O17P/c1-16(2)8-6-9-17(3)10-7-11-18(4)12-13-48-21(30(43)44)15-49-55(46,47)54-32-28(26(53-33(36)45)25(41)27(51-32)29(35)42)52-31-23(37-19(5)39)22(34)24(40)20(14-38)50-31/h8,10,12,20-28,31-32,38,40-41H,6-7,9,11,13-15,34H2,1-5H3,(H2,35,42)(H2,36,45)(H,37,39)(H,43,44)(H,46,47)/b17-10+,18-12-/t20?,21-,22?,23+,24-,25?,26+,27?,28?,31+,32+/m1/s1. The Labute approximate surface area is 318 Å². The number of aliphatic carboxylic acids is 1. The van der Waals surface area contributed by atoms with E-state index in [0.717, 1.165) is 31.8 Å². The number of hydrogen-bond donors (Lipinski definition) is 9. The van der Waals surface area contributed by atoms with Crippen molar-refractivity contribution in [3.8, 4) is 0 Å². The maximum atomic E-state index is 13.2. The summed E-state index contributed by atoms with van der Waals surface area (Å²) in [5.74, 6) is -3.62. The largest absolute Gasteiger partial charge is 0.479 e. The number of carbonyl (C=O) groups excluding carboxylic acids is 3. The molecule has 0 spiro atoms. The van der Waals surface area contributed by atoms with Crippen molar-refractivity contribution in [3.63, 3.8) is 0 Å². The predicted molar refractivity (Wildman–Crippen MR) is 190 cm³/mol. The molecule has 0 radical (unpaired) electrons. The first-order chi connectivity index (χ1) is 25.7. The lowest BCUT2D eigenvalue weighted by Gasteiger charge is -2.47. The van der Waals surface area contributed by atoms with E-state index in [-0.39, 0.29) is 6.61 Å². The van der Waals surface area contributed by atoms with Crippen LogP contribution in [0.25, 0.3) is 0 Å². The fourth-order valence-electron chi connectivity index (χ4n) is 5.52. The van der Waals surface area contributed by atoms with Gasteiger partial charge in [-0.15, -0.1) is 0 Å². The highest BCUT2D eigenvalue weighted by Crippen LogP contribution is 2.47. The van der Waals surface area contributed by atoms with Gasteiger partial charge in [0.1, 0.15) is 12.2 Å². The van der Waals surface area contributed by atoms with Gasteiger partial charge in [-0.1, -0.05) is 34.9 Å². The number of carboxylic acids is 1. The number of nitrogens with one attached hydrogen (secondary N) is 1. The van der Waals surface area contributed by atoms with E-state index in [1.807, 2.05) is 27.7 Å². The van der Waals surface area contributed by atoms with Gasteiger partial charge in [-0.05, 0) is 53.4 Å². The molecule has 0 aliphatic carbocycles. The number of ether oxygens (including phenoxy) is 5. The van der Waals surface area contributed by atoms with Gasteiger partial charge in [0, 0.05) is 6.92 Å². The van der Waals surface area contributed by atoms with E-state index in [9.17, 15) is 49.1 Å². The van der Waals surface area contributed by atoms with Crippen molar-refractivity contribution in [1.29, 1.82) is 0 Å². The van der Waals surface area contributed by atoms with Crippen molar-refractivity contribution >= 4 is 31.7 Å². The molecular weight excluding hydrogens is 755 g/mol. The van der Waals surface area contributed by atoms with Gasteiger partial charge in [0.15, 0.2) is 37.0 Å². The molecule has 2 fully saturated rings. The van der Waals surface area contributed by atoms with Crippen LogP contribution in [0.15, 0.2) is 34.9 Å². The van der Waals surface area contributed by atoms with Crippen LogP contribution < -0.4 is 22.5 Å². The number of phosphoric acid groups is 1. The van der Waals surface area contributed by atoms with Crippen molar-refractivity contribution in [2.45, 2.75) is 128 Å². The molecule has 2 saturated heterocycles. The third kappa shape index (κ3) is 15.6. The first-order valence-corrected chi connectivity index (χ1v) is 18.8. The van der Waals surface area contributed by atoms with Crippen molar-refractivity contribution in [1.82, 2.24) is 5.32 Å². The quantitative estimate of drug-likeness (QED) is 0.0513. The molecule has 0 bridgehead atoms. The van der Waals surface area contributed by atoms with Crippen LogP contribution in [-0.4, -0.2) is 136 Å². The van der Waals surface area contributed by atoms with Crippen molar-refractivity contribution in [2.75, 3.05) is 19.8 Å². The molecule has 2 aliphatic rings. The monoisotopic (exact) mass is 810 g/mol. The molecule has 3 amide bonds. The maximum Gasteiger partial charge on any atom is 0.474 e. The second-order valence-electron chi connectivity index (χ2n) is 13.3. The van der Waals surface area contributed by atoms with E-state index < -0.39 is 112 Å². The predicted octanol–water partition coefficient (Wildman–Crippen LogP) is -0.661. The smallest absolute Gasteiger partial charge is 0.474 e. The van der Waals surface area contributed by atoms with E-state index in [2.05, 4.69) is 17.5 Å². The average Bonchev–Trinajstić information content (AvgIpc) is 3.07. The Bertz CT molecular complexity index is 1460. The minimum absolute atomic E-state index is 0.194. The lowest BCUT2D eigenvalue weighted by molar-refractivity contribution is -0.331. The van der Waals surface area contributed by atoms with Gasteiger partial charge in [-0.3, -0.25) is 18.6 Å². The third-order valence-corrected chi connectivity index (χ3v) is 9.39. The number of nitrogens with two attached hydrogens (primary N) is 3. The number of amides is 3. The Kier molecular flexibility index (Phi) is 19.5. The highest BCUT2D eigenvalue weighted by molar-refractivity contribution is 7.47. The van der Waals surface area contributed by atoms with E-state index in [4.69, 9.17) is 49.9 Å². The Morgan fingerprint density at radius 1 is 0.909 bits per heavy atom. The fourth-order valence-corrected chi connectivity index (χ4v) is 6.33. The van der Waals surface area contributed by atoms with Crippen LogP contribution in [0.5, 0.6) is 0 Å². The summed E-state index contributed by atoms with van der Waals surface area (Å²) in [5.41, 5.74) is 20.0. The van der Waals surface area contributed by atoms with Crippen LogP contribution in [0.4, 0.5) is 4.79 Å². The zero-order valence-corrected chi connectivity index (χ0v) is 32.2. The highest BCUT2D eigenvalue weighted by atomic mass is 31.2. The van der Waals surface area contributed by atoms with Gasteiger partial charge < -0.3 is 71.5 Å². The molecular formula is C33H55N4O17P. The van der Waals surface area contributed by atoms with Gasteiger partial charge in [-0.2, -0.15) is 0 Å². The summed E-state index contributed by atoms with van der Waals surface area (Å²) in [6.07, 6.45) is -9.56. The summed E-state index contributed by atoms with van der Waals surface area (Å²) in [6.45, 7) is 7.00. The lowest BCUT2D eigenvalue weighted by Crippen LogP contribution is -2.70. The van der Waals surface area contributed by atoms with Crippen LogP contribution in [0.3, 0.4) is 0 Å². The first kappa shape index (κ1) is 47.8. The molecule has 0 saturated carbocycles. The second-order valence-corrected chi connectivity index (χ2v) is 14.7. The van der Waals surface area contributed by atoms with Crippen LogP contribution in [0, 0.1) is 0 Å². The van der Waals surface area contributed by atoms with Gasteiger partial charge in [0.25, 0.3) is 0 Å². The summed E-state index contributed by atoms with van der Waals surface area (Å²) in [5, 5.41) is 43.2. The van der Waals surface area contributed by atoms with Crippen molar-refractivity contribution in [3.05, 3.63) is 34.9 Å². The molecule has 12 atom stereocenters. The van der Waals surface area contributed by atoms with Gasteiger partial charge in [0.2, 0.25) is 11.8 Å². The minimum Gasteiger partial charge on any atom is -0.479 e. The zero-order chi connectivity index (χ0) is 41.6. The number of aliphatic hydroxyl groups excluding tert-OH is 3. The molecule has 12 N–H and O–H groups in total. The van der Waals surface area contributed by atoms with Crippen molar-refractivity contribution in [2.24, 2.45) is 17.2 Å². The normalized spacial score (nSPS) is 30.4. The fraction of sp³-hybridized carbons (Fsp3) is 0.697. The Morgan fingerprint density at radius 3 is 2.07 bits per heavy atom. The summed E-state index contributed by atoms with van der Waals surface area (Å²) < 4.78 is 50.3. The Morgan fingerprint density at radius 2 is 1.53 bits per heavy atom. The zero-order valence-electron chi connectivity index (χ0n) is 31.3. The molecule has 2 rings (SSSR count). The highest BCUT2D eigenvalue weighted by Gasteiger charge is 2.55. The van der Waals surface area contributed by atoms with E-state index in [1.165, 1.54) is 11.1 Å². The number of phosphoric ester groups is 1. The molecule has 22 heteroatoms. The Balaban J connectivity index is 2.25. The number of rotatable bonds is 21. The SMILES string of the molecule is CC(=O)N[C@H]1C(N)[C@H](O)C(CO)O[C@H]1OC1[C@H](OP(=O)(O)OC[C@@H](OC/C=C(/C)CC/C=C(\C)CCC=C(C)C)C(=O)O)OC(C(N)=O)C(O)[C@@H]1OC(N)=O. The van der Waals surface area contributed by atoms with Crippen LogP contribution in [0.2, 0.25) is 0 Å². The van der Waals surface area contributed by atoms with Crippen molar-refractivity contribution < 1.29 is 81.8 Å². The van der Waals surface area contributed by atoms with E-state index >= 15 is 0 Å². The number of aliphatic hydroxyl groups is 3. The molecule has 2 heterocycles. The first-order valence-electron chi connectivity index (χ1n) is 17.3. The lowest BCUT2D eigenvalue weighted by atomic mass is 9.94. The topological polar surface area (TPSA) is 341 Å². The Hall–Kier alpha value is -3.31. The van der Waals surface area contributed by atoms with Gasteiger partial charge in [-0.25, -0.2) is 14.2 Å². The molecule has 0 aromatic carbocycles. The van der Waals surface area contributed by atoms with Crippen LogP contribution in [-0.2, 0) is 51.7 Å². The molecule has 55 heavy (non-hydrogen) atoms. The van der Waals surface area contributed by atoms with E-state index in [0.29, 0.717) is 6.42 Å². The average molecular weight is 811 g/mol. The number of carboxylic acid groups (broad SMARTS) is 1. The second kappa shape index (κ2) is 22.4. The molecule has 6 unspecified atom stereocenters. The minimum atomic E-state index is -5.44. The molecule has 2 aliphatic heterocycles. The third-order valence-electron chi connectivity index (χ3n) is 8.44. The summed E-state index contributed by atoms with van der Waals surface area (Å²) in [6, 6.07) is -2.79. The molecule has 0 aromatic heterocycles. The maximum absolute atomic E-state index is 13.2. The van der Waals surface area contributed by atoms with Gasteiger partial charge in [0.05, 0.1) is 38.0 Å². The molecule has 21 nitrogen and oxygen atoms in total.